The van der Waals surface area contributed by atoms with Crippen LogP contribution in [0, 0.1) is 0 Å². The Balaban J connectivity index is 1.66. The molecule has 0 saturated carbocycles. The molecular formula is C27H36OS. The van der Waals surface area contributed by atoms with Gasteiger partial charge < -0.3 is 4.74 Å². The first kappa shape index (κ1) is 23.5. The van der Waals surface area contributed by atoms with Gasteiger partial charge in [0.25, 0.3) is 0 Å². The maximum absolute atomic E-state index is 6.00. The molecule has 0 fully saturated rings. The summed E-state index contributed by atoms with van der Waals surface area (Å²) >= 11 is 5.48. The lowest BCUT2D eigenvalue weighted by molar-refractivity contribution is 0.0635. The predicted molar refractivity (Wildman–Crippen MR) is 131 cm³/mol. The Hall–Kier alpha value is -1.77. The van der Waals surface area contributed by atoms with Crippen LogP contribution >= 0.6 is 12.2 Å². The molecule has 29 heavy (non-hydrogen) atoms. The van der Waals surface area contributed by atoms with E-state index in [0.717, 1.165) is 23.5 Å². The number of rotatable bonds is 14. The van der Waals surface area contributed by atoms with Gasteiger partial charge in [-0.15, -0.1) is 0 Å². The summed E-state index contributed by atoms with van der Waals surface area (Å²) in [6.07, 6.45) is 14.6. The van der Waals surface area contributed by atoms with Crippen LogP contribution in [-0.2, 0) is 11.2 Å². The monoisotopic (exact) mass is 408 g/mol. The van der Waals surface area contributed by atoms with Crippen molar-refractivity contribution in [1.82, 2.24) is 0 Å². The van der Waals surface area contributed by atoms with Crippen LogP contribution in [0.1, 0.15) is 75.5 Å². The van der Waals surface area contributed by atoms with E-state index in [0.29, 0.717) is 0 Å². The summed E-state index contributed by atoms with van der Waals surface area (Å²) < 4.78 is 6.00. The highest BCUT2D eigenvalue weighted by molar-refractivity contribution is 7.81. The Morgan fingerprint density at radius 1 is 0.897 bits per heavy atom. The molecule has 2 rings (SSSR count). The highest BCUT2D eigenvalue weighted by Gasteiger charge is 2.04. The van der Waals surface area contributed by atoms with Crippen LogP contribution in [0.25, 0.3) is 6.08 Å². The standard InChI is InChI=1S/C27H36OS/c1-3-4-5-6-7-8-12-21-28-23(2)22-25-17-15-24(16-18-25)19-20-27(29)26-13-10-9-11-14-26/h9-11,13-20,23H,3-8,12,21-22H2,1-2H3. The molecule has 0 amide bonds. The number of hydrogen-bond donors (Lipinski definition) is 0. The van der Waals surface area contributed by atoms with Gasteiger partial charge in [-0.3, -0.25) is 0 Å². The third-order valence-electron chi connectivity index (χ3n) is 5.14. The van der Waals surface area contributed by atoms with Gasteiger partial charge in [-0.2, -0.15) is 0 Å². The van der Waals surface area contributed by atoms with Crippen LogP contribution < -0.4 is 0 Å². The molecular weight excluding hydrogens is 372 g/mol. The Morgan fingerprint density at radius 3 is 2.24 bits per heavy atom. The minimum absolute atomic E-state index is 0.266. The SMILES string of the molecule is CCCCCCCCCOC(C)Cc1ccc(C=CC(=S)c2ccccc2)cc1. The predicted octanol–water partition coefficient (Wildman–Crippen LogP) is 7.82. The zero-order chi connectivity index (χ0) is 20.7. The van der Waals surface area contributed by atoms with Crippen LogP contribution in [0.2, 0.25) is 0 Å². The van der Waals surface area contributed by atoms with E-state index < -0.39 is 0 Å². The van der Waals surface area contributed by atoms with Crippen molar-refractivity contribution in [2.75, 3.05) is 6.61 Å². The van der Waals surface area contributed by atoms with Crippen molar-refractivity contribution in [3.8, 4) is 0 Å². The average molecular weight is 409 g/mol. The minimum Gasteiger partial charge on any atom is -0.378 e. The smallest absolute Gasteiger partial charge is 0.0587 e. The van der Waals surface area contributed by atoms with Gasteiger partial charge in [0.15, 0.2) is 0 Å². The van der Waals surface area contributed by atoms with Gasteiger partial charge >= 0.3 is 0 Å². The fourth-order valence-corrected chi connectivity index (χ4v) is 3.57. The second-order valence-electron chi connectivity index (χ2n) is 7.81. The van der Waals surface area contributed by atoms with Crippen LogP contribution in [0.4, 0.5) is 0 Å². The van der Waals surface area contributed by atoms with Crippen molar-refractivity contribution in [3.05, 3.63) is 77.4 Å². The second-order valence-corrected chi connectivity index (χ2v) is 8.25. The quantitative estimate of drug-likeness (QED) is 0.136. The van der Waals surface area contributed by atoms with E-state index in [1.165, 1.54) is 56.1 Å². The van der Waals surface area contributed by atoms with Crippen LogP contribution in [0.15, 0.2) is 60.7 Å². The zero-order valence-electron chi connectivity index (χ0n) is 18.1. The van der Waals surface area contributed by atoms with E-state index >= 15 is 0 Å². The first-order valence-corrected chi connectivity index (χ1v) is 11.6. The van der Waals surface area contributed by atoms with Crippen molar-refractivity contribution in [2.45, 2.75) is 71.3 Å². The van der Waals surface area contributed by atoms with Gasteiger partial charge in [0.2, 0.25) is 0 Å². The Morgan fingerprint density at radius 2 is 1.55 bits per heavy atom. The van der Waals surface area contributed by atoms with Crippen LogP contribution in [-0.4, -0.2) is 17.6 Å². The van der Waals surface area contributed by atoms with Gasteiger partial charge in [-0.25, -0.2) is 0 Å². The summed E-state index contributed by atoms with van der Waals surface area (Å²) in [5.41, 5.74) is 3.57. The Bertz CT molecular complexity index is 718. The highest BCUT2D eigenvalue weighted by atomic mass is 32.1. The molecule has 0 aromatic heterocycles. The van der Waals surface area contributed by atoms with Gasteiger partial charge in [-0.05, 0) is 42.5 Å². The maximum atomic E-state index is 6.00. The lowest BCUT2D eigenvalue weighted by atomic mass is 10.1. The summed E-state index contributed by atoms with van der Waals surface area (Å²) in [6, 6.07) is 18.8. The van der Waals surface area contributed by atoms with E-state index in [1.54, 1.807) is 0 Å². The zero-order valence-corrected chi connectivity index (χ0v) is 18.9. The molecule has 0 spiro atoms. The third-order valence-corrected chi connectivity index (χ3v) is 5.51. The molecule has 0 radical (unpaired) electrons. The molecule has 0 heterocycles. The molecule has 2 aromatic carbocycles. The lowest BCUT2D eigenvalue weighted by Gasteiger charge is -2.13. The molecule has 156 valence electrons. The van der Waals surface area contributed by atoms with Crippen molar-refractivity contribution < 1.29 is 4.74 Å². The van der Waals surface area contributed by atoms with E-state index in [-0.39, 0.29) is 6.10 Å². The number of thiocarbonyl (C=S) groups is 1. The summed E-state index contributed by atoms with van der Waals surface area (Å²) in [5.74, 6) is 0. The van der Waals surface area contributed by atoms with Crippen molar-refractivity contribution in [2.24, 2.45) is 0 Å². The van der Waals surface area contributed by atoms with Crippen LogP contribution in [0.3, 0.4) is 0 Å². The summed E-state index contributed by atoms with van der Waals surface area (Å²) in [5, 5.41) is 0. The van der Waals surface area contributed by atoms with Gasteiger partial charge in [0.05, 0.1) is 6.10 Å². The van der Waals surface area contributed by atoms with Crippen molar-refractivity contribution >= 4 is 23.2 Å². The molecule has 0 N–H and O–H groups in total. The van der Waals surface area contributed by atoms with E-state index in [9.17, 15) is 0 Å². The normalized spacial score (nSPS) is 12.3. The molecule has 1 unspecified atom stereocenters. The Kier molecular flexibility index (Phi) is 11.6. The molecule has 0 aliphatic heterocycles. The first-order chi connectivity index (χ1) is 14.2. The number of unbranched alkanes of at least 4 members (excludes halogenated alkanes) is 6. The molecule has 0 bridgehead atoms. The first-order valence-electron chi connectivity index (χ1n) is 11.2. The van der Waals surface area contributed by atoms with Crippen molar-refractivity contribution in [1.29, 1.82) is 0 Å². The second kappa shape index (κ2) is 14.3. The molecule has 0 saturated heterocycles. The molecule has 1 nitrogen and oxygen atoms in total. The molecule has 1 atom stereocenters. The topological polar surface area (TPSA) is 9.23 Å². The Labute approximate surface area is 183 Å². The number of ether oxygens (including phenoxy) is 1. The molecule has 0 aliphatic carbocycles. The van der Waals surface area contributed by atoms with Gasteiger partial charge in [0.1, 0.15) is 0 Å². The highest BCUT2D eigenvalue weighted by Crippen LogP contribution is 2.12. The lowest BCUT2D eigenvalue weighted by Crippen LogP contribution is -2.12. The third kappa shape index (κ3) is 10.0. The van der Waals surface area contributed by atoms with Gasteiger partial charge in [0, 0.05) is 11.5 Å². The van der Waals surface area contributed by atoms with E-state index in [1.807, 2.05) is 36.4 Å². The largest absolute Gasteiger partial charge is 0.378 e. The number of allylic oxidation sites excluding steroid dienone is 1. The minimum atomic E-state index is 0.266. The summed E-state index contributed by atoms with van der Waals surface area (Å²) in [4.78, 5) is 0.863. The maximum Gasteiger partial charge on any atom is 0.0587 e. The fraction of sp³-hybridized carbons (Fsp3) is 0.444. The number of benzene rings is 2. The van der Waals surface area contributed by atoms with E-state index in [2.05, 4.69) is 44.2 Å². The van der Waals surface area contributed by atoms with E-state index in [4.69, 9.17) is 17.0 Å². The molecule has 0 aliphatic rings. The molecule has 2 aromatic rings. The summed E-state index contributed by atoms with van der Waals surface area (Å²) in [6.45, 7) is 5.32. The van der Waals surface area contributed by atoms with Crippen molar-refractivity contribution in [3.63, 3.8) is 0 Å². The average Bonchev–Trinajstić information content (AvgIpc) is 2.75. The van der Waals surface area contributed by atoms with Gasteiger partial charge in [-0.1, -0.05) is 118 Å². The fourth-order valence-electron chi connectivity index (χ4n) is 3.37. The van der Waals surface area contributed by atoms with Crippen LogP contribution in [0.5, 0.6) is 0 Å². The molecule has 2 heteroatoms. The number of hydrogen-bond acceptors (Lipinski definition) is 2. The summed E-state index contributed by atoms with van der Waals surface area (Å²) in [7, 11) is 0.